The molecule has 1 aromatic heterocycles. The number of H-pyrrole nitrogens is 1. The first-order valence-corrected chi connectivity index (χ1v) is 4.61. The topological polar surface area (TPSA) is 84.3 Å². The second kappa shape index (κ2) is 4.19. The lowest BCUT2D eigenvalue weighted by Crippen LogP contribution is -2.16. The number of ether oxygens (including phenoxy) is 1. The van der Waals surface area contributed by atoms with Crippen molar-refractivity contribution in [1.82, 2.24) is 4.98 Å². The van der Waals surface area contributed by atoms with E-state index >= 15 is 0 Å². The summed E-state index contributed by atoms with van der Waals surface area (Å²) >= 11 is 0. The molecule has 1 heterocycles. The molecule has 0 atom stereocenters. The highest BCUT2D eigenvalue weighted by Gasteiger charge is 2.04. The van der Waals surface area contributed by atoms with Crippen LogP contribution >= 0.6 is 0 Å². The van der Waals surface area contributed by atoms with Crippen molar-refractivity contribution in [3.8, 4) is 0 Å². The van der Waals surface area contributed by atoms with Crippen molar-refractivity contribution >= 4 is 22.7 Å². The summed E-state index contributed by atoms with van der Waals surface area (Å²) in [4.78, 5) is 24.6. The molecule has 2 rings (SSSR count). The number of hydrogen-bond acceptors (Lipinski definition) is 4. The minimum atomic E-state index is -0.518. The SMILES string of the molecule is COCC(=O)Nc1ccc2oc(=O)[nH]c2c1. The zero-order chi connectivity index (χ0) is 11.5. The van der Waals surface area contributed by atoms with E-state index in [-0.39, 0.29) is 12.5 Å². The van der Waals surface area contributed by atoms with Gasteiger partial charge in [-0.05, 0) is 18.2 Å². The Morgan fingerprint density at radius 3 is 3.12 bits per heavy atom. The summed E-state index contributed by atoms with van der Waals surface area (Å²) in [7, 11) is 1.44. The van der Waals surface area contributed by atoms with E-state index < -0.39 is 5.76 Å². The summed E-state index contributed by atoms with van der Waals surface area (Å²) in [6.45, 7) is -0.0139. The van der Waals surface area contributed by atoms with Gasteiger partial charge >= 0.3 is 5.76 Å². The van der Waals surface area contributed by atoms with Gasteiger partial charge in [0.2, 0.25) is 5.91 Å². The summed E-state index contributed by atoms with van der Waals surface area (Å²) < 4.78 is 9.51. The average Bonchev–Trinajstić information content (AvgIpc) is 2.57. The van der Waals surface area contributed by atoms with Crippen LogP contribution in [0.4, 0.5) is 5.69 Å². The molecule has 16 heavy (non-hydrogen) atoms. The molecular weight excluding hydrogens is 212 g/mol. The van der Waals surface area contributed by atoms with Crippen LogP contribution in [0.5, 0.6) is 0 Å². The number of amides is 1. The fourth-order valence-electron chi connectivity index (χ4n) is 1.36. The Morgan fingerprint density at radius 2 is 2.38 bits per heavy atom. The van der Waals surface area contributed by atoms with Gasteiger partial charge in [-0.3, -0.25) is 9.78 Å². The van der Waals surface area contributed by atoms with E-state index in [4.69, 9.17) is 4.42 Å². The molecule has 0 aliphatic carbocycles. The summed E-state index contributed by atoms with van der Waals surface area (Å²) in [6, 6.07) is 4.87. The number of fused-ring (bicyclic) bond motifs is 1. The van der Waals surface area contributed by atoms with E-state index in [1.54, 1.807) is 18.2 Å². The van der Waals surface area contributed by atoms with E-state index in [1.165, 1.54) is 7.11 Å². The van der Waals surface area contributed by atoms with Crippen LogP contribution in [-0.4, -0.2) is 24.6 Å². The van der Waals surface area contributed by atoms with Crippen molar-refractivity contribution in [2.75, 3.05) is 19.0 Å². The third-order valence-electron chi connectivity index (χ3n) is 1.98. The molecular formula is C10H10N2O4. The average molecular weight is 222 g/mol. The van der Waals surface area contributed by atoms with E-state index in [1.807, 2.05) is 0 Å². The lowest BCUT2D eigenvalue weighted by molar-refractivity contribution is -0.119. The Bertz CT molecular complexity index is 569. The number of methoxy groups -OCH3 is 1. The van der Waals surface area contributed by atoms with Gasteiger partial charge in [0.05, 0.1) is 5.52 Å². The van der Waals surface area contributed by atoms with Crippen molar-refractivity contribution in [2.45, 2.75) is 0 Å². The van der Waals surface area contributed by atoms with Crippen LogP contribution < -0.4 is 11.1 Å². The van der Waals surface area contributed by atoms with Gasteiger partial charge in [0, 0.05) is 12.8 Å². The first-order valence-electron chi connectivity index (χ1n) is 4.61. The lowest BCUT2D eigenvalue weighted by atomic mass is 10.3. The molecule has 0 aliphatic rings. The third kappa shape index (κ3) is 2.12. The van der Waals surface area contributed by atoms with Crippen LogP contribution in [0.2, 0.25) is 0 Å². The lowest BCUT2D eigenvalue weighted by Gasteiger charge is -2.03. The number of aromatic amines is 1. The highest BCUT2D eigenvalue weighted by molar-refractivity contribution is 5.93. The molecule has 6 nitrogen and oxygen atoms in total. The zero-order valence-electron chi connectivity index (χ0n) is 8.57. The number of aromatic nitrogens is 1. The van der Waals surface area contributed by atoms with Crippen molar-refractivity contribution < 1.29 is 13.9 Å². The highest BCUT2D eigenvalue weighted by atomic mass is 16.5. The highest BCUT2D eigenvalue weighted by Crippen LogP contribution is 2.15. The first kappa shape index (κ1) is 10.4. The maximum atomic E-state index is 11.2. The number of benzene rings is 1. The van der Waals surface area contributed by atoms with Crippen LogP contribution in [0.3, 0.4) is 0 Å². The smallest absolute Gasteiger partial charge is 0.408 e. The first-order chi connectivity index (χ1) is 7.69. The molecule has 2 N–H and O–H groups in total. The molecule has 0 spiro atoms. The second-order valence-electron chi connectivity index (χ2n) is 3.21. The molecule has 6 heteroatoms. The van der Waals surface area contributed by atoms with Gasteiger partial charge in [-0.2, -0.15) is 0 Å². The zero-order valence-corrected chi connectivity index (χ0v) is 8.57. The summed E-state index contributed by atoms with van der Waals surface area (Å²) in [5.74, 6) is -0.775. The summed E-state index contributed by atoms with van der Waals surface area (Å²) in [5.41, 5.74) is 1.57. The standard InChI is InChI=1S/C10H10N2O4/c1-15-5-9(13)11-6-2-3-8-7(4-6)12-10(14)16-8/h2-4H,5H2,1H3,(H,11,13)(H,12,14). The normalized spacial score (nSPS) is 10.6. The Kier molecular flexibility index (Phi) is 2.74. The van der Waals surface area contributed by atoms with Crippen molar-refractivity contribution in [3.05, 3.63) is 28.7 Å². The molecule has 2 aromatic rings. The van der Waals surface area contributed by atoms with Crippen LogP contribution in [-0.2, 0) is 9.53 Å². The van der Waals surface area contributed by atoms with Crippen molar-refractivity contribution in [2.24, 2.45) is 0 Å². The molecule has 0 bridgehead atoms. The van der Waals surface area contributed by atoms with Crippen LogP contribution in [0.1, 0.15) is 0 Å². The number of oxazole rings is 1. The van der Waals surface area contributed by atoms with Gasteiger partial charge in [0.25, 0.3) is 0 Å². The Labute approximate surface area is 90.2 Å². The molecule has 0 fully saturated rings. The number of anilines is 1. The minimum absolute atomic E-state index is 0.0139. The fourth-order valence-corrected chi connectivity index (χ4v) is 1.36. The van der Waals surface area contributed by atoms with Gasteiger partial charge < -0.3 is 14.5 Å². The number of hydrogen-bond donors (Lipinski definition) is 2. The van der Waals surface area contributed by atoms with E-state index in [2.05, 4.69) is 15.0 Å². The number of carbonyl (C=O) groups excluding carboxylic acids is 1. The van der Waals surface area contributed by atoms with Crippen LogP contribution in [0.25, 0.3) is 11.1 Å². The van der Waals surface area contributed by atoms with E-state index in [9.17, 15) is 9.59 Å². The van der Waals surface area contributed by atoms with Gasteiger partial charge in [0.1, 0.15) is 6.61 Å². The molecule has 0 saturated carbocycles. The monoisotopic (exact) mass is 222 g/mol. The molecule has 0 saturated heterocycles. The quantitative estimate of drug-likeness (QED) is 0.800. The van der Waals surface area contributed by atoms with Crippen LogP contribution in [0, 0.1) is 0 Å². The van der Waals surface area contributed by atoms with Gasteiger partial charge in [-0.15, -0.1) is 0 Å². The predicted molar refractivity (Wildman–Crippen MR) is 57.3 cm³/mol. The van der Waals surface area contributed by atoms with Gasteiger partial charge in [0.15, 0.2) is 5.58 Å². The van der Waals surface area contributed by atoms with Gasteiger partial charge in [-0.1, -0.05) is 0 Å². The fraction of sp³-hybridized carbons (Fsp3) is 0.200. The van der Waals surface area contributed by atoms with Crippen molar-refractivity contribution in [3.63, 3.8) is 0 Å². The molecule has 1 amide bonds. The molecule has 0 radical (unpaired) electrons. The van der Waals surface area contributed by atoms with Crippen molar-refractivity contribution in [1.29, 1.82) is 0 Å². The maximum Gasteiger partial charge on any atom is 0.417 e. The summed E-state index contributed by atoms with van der Waals surface area (Å²) in [5, 5.41) is 2.62. The predicted octanol–water partition coefficient (Wildman–Crippen LogP) is 0.706. The second-order valence-corrected chi connectivity index (χ2v) is 3.21. The largest absolute Gasteiger partial charge is 0.417 e. The number of carbonyl (C=O) groups is 1. The van der Waals surface area contributed by atoms with Gasteiger partial charge in [-0.25, -0.2) is 4.79 Å². The molecule has 0 aliphatic heterocycles. The maximum absolute atomic E-state index is 11.2. The Morgan fingerprint density at radius 1 is 1.56 bits per heavy atom. The molecule has 1 aromatic carbocycles. The molecule has 84 valence electrons. The summed E-state index contributed by atoms with van der Waals surface area (Å²) in [6.07, 6.45) is 0. The van der Waals surface area contributed by atoms with E-state index in [0.29, 0.717) is 16.8 Å². The van der Waals surface area contributed by atoms with E-state index in [0.717, 1.165) is 0 Å². The van der Waals surface area contributed by atoms with Crippen LogP contribution in [0.15, 0.2) is 27.4 Å². The number of nitrogens with one attached hydrogen (secondary N) is 2. The Hall–Kier alpha value is -2.08. The minimum Gasteiger partial charge on any atom is -0.408 e. The number of rotatable bonds is 3. The Balaban J connectivity index is 2.25. The third-order valence-corrected chi connectivity index (χ3v) is 1.98. The molecule has 0 unspecified atom stereocenters.